The highest BCUT2D eigenvalue weighted by molar-refractivity contribution is 7.98. The Morgan fingerprint density at radius 3 is 3.00 bits per heavy atom. The van der Waals surface area contributed by atoms with E-state index in [1.807, 2.05) is 18.2 Å². The van der Waals surface area contributed by atoms with Gasteiger partial charge in [-0.05, 0) is 44.4 Å². The van der Waals surface area contributed by atoms with Crippen molar-refractivity contribution in [1.82, 2.24) is 9.55 Å². The van der Waals surface area contributed by atoms with Gasteiger partial charge in [0, 0.05) is 23.1 Å². The second-order valence-corrected chi connectivity index (χ2v) is 7.11. The molecule has 1 aliphatic rings. The van der Waals surface area contributed by atoms with Crippen molar-refractivity contribution in [2.24, 2.45) is 0 Å². The molecule has 1 atom stereocenters. The number of rotatable bonds is 5. The first kappa shape index (κ1) is 15.9. The van der Waals surface area contributed by atoms with Crippen LogP contribution in [0.1, 0.15) is 29.8 Å². The van der Waals surface area contributed by atoms with E-state index in [2.05, 4.69) is 24.5 Å². The molecule has 0 aliphatic carbocycles. The summed E-state index contributed by atoms with van der Waals surface area (Å²) in [5.74, 6) is 0.877. The summed E-state index contributed by atoms with van der Waals surface area (Å²) in [4.78, 5) is 4.73. The van der Waals surface area contributed by atoms with Crippen molar-refractivity contribution >= 4 is 23.4 Å². The minimum Gasteiger partial charge on any atom is -0.376 e. The molecule has 0 radical (unpaired) electrons. The first-order valence-corrected chi connectivity index (χ1v) is 9.02. The lowest BCUT2D eigenvalue weighted by molar-refractivity contribution is 0.0945. The molecular formula is C17H21ClN2OS. The molecule has 1 fully saturated rings. The molecule has 3 rings (SSSR count). The van der Waals surface area contributed by atoms with E-state index >= 15 is 0 Å². The molecule has 3 nitrogen and oxygen atoms in total. The second kappa shape index (κ2) is 7.07. The van der Waals surface area contributed by atoms with Crippen LogP contribution in [0.4, 0.5) is 0 Å². The first-order valence-electron chi connectivity index (χ1n) is 7.66. The predicted octanol–water partition coefficient (Wildman–Crippen LogP) is 4.62. The highest BCUT2D eigenvalue weighted by atomic mass is 35.5. The zero-order valence-electron chi connectivity index (χ0n) is 13.0. The second-order valence-electron chi connectivity index (χ2n) is 5.73. The largest absolute Gasteiger partial charge is 0.376 e. The molecule has 0 N–H and O–H groups in total. The van der Waals surface area contributed by atoms with E-state index in [9.17, 15) is 0 Å². The summed E-state index contributed by atoms with van der Waals surface area (Å²) >= 11 is 7.82. The van der Waals surface area contributed by atoms with Crippen molar-refractivity contribution in [3.05, 3.63) is 46.2 Å². The fourth-order valence-electron chi connectivity index (χ4n) is 2.72. The van der Waals surface area contributed by atoms with Crippen LogP contribution in [0.5, 0.6) is 0 Å². The van der Waals surface area contributed by atoms with Crippen LogP contribution in [-0.2, 0) is 17.0 Å². The van der Waals surface area contributed by atoms with Gasteiger partial charge < -0.3 is 9.30 Å². The van der Waals surface area contributed by atoms with E-state index in [0.29, 0.717) is 6.10 Å². The summed E-state index contributed by atoms with van der Waals surface area (Å²) in [6, 6.07) is 8.02. The smallest absolute Gasteiger partial charge is 0.168 e. The molecule has 1 unspecified atom stereocenters. The molecule has 5 heteroatoms. The van der Waals surface area contributed by atoms with Crippen LogP contribution in [0.2, 0.25) is 5.02 Å². The summed E-state index contributed by atoms with van der Waals surface area (Å²) in [6.45, 7) is 6.01. The van der Waals surface area contributed by atoms with Crippen LogP contribution in [0.3, 0.4) is 0 Å². The molecule has 1 aromatic carbocycles. The standard InChI is InChI=1S/C17H21ClN2OS/c1-12-13(2)20(10-16-7-4-8-21-16)17(19-12)22-11-14-5-3-6-15(18)9-14/h3,5-6,9,16H,4,7-8,10-11H2,1-2H3. The zero-order chi connectivity index (χ0) is 15.5. The molecule has 2 aromatic rings. The summed E-state index contributed by atoms with van der Waals surface area (Å²) in [5.41, 5.74) is 3.56. The van der Waals surface area contributed by atoms with Gasteiger partial charge in [-0.3, -0.25) is 0 Å². The highest BCUT2D eigenvalue weighted by Crippen LogP contribution is 2.27. The fourth-order valence-corrected chi connectivity index (χ4v) is 3.97. The Morgan fingerprint density at radius 1 is 1.41 bits per heavy atom. The van der Waals surface area contributed by atoms with Crippen molar-refractivity contribution in [2.75, 3.05) is 6.61 Å². The summed E-state index contributed by atoms with van der Waals surface area (Å²) in [5, 5.41) is 1.86. The molecule has 22 heavy (non-hydrogen) atoms. The number of halogens is 1. The van der Waals surface area contributed by atoms with Gasteiger partial charge in [-0.1, -0.05) is 35.5 Å². The maximum absolute atomic E-state index is 6.05. The summed E-state index contributed by atoms with van der Waals surface area (Å²) < 4.78 is 8.09. The minimum atomic E-state index is 0.331. The average Bonchev–Trinajstić information content (AvgIpc) is 3.09. The average molecular weight is 337 g/mol. The number of aromatic nitrogens is 2. The Hall–Kier alpha value is -0.970. The van der Waals surface area contributed by atoms with Gasteiger partial charge in [0.1, 0.15) is 0 Å². The molecule has 0 saturated carbocycles. The number of hydrogen-bond donors (Lipinski definition) is 0. The molecule has 1 aromatic heterocycles. The van der Waals surface area contributed by atoms with Gasteiger partial charge in [-0.15, -0.1) is 0 Å². The molecule has 0 bridgehead atoms. The minimum absolute atomic E-state index is 0.331. The third-order valence-corrected chi connectivity index (χ3v) is 5.37. The summed E-state index contributed by atoms with van der Waals surface area (Å²) in [7, 11) is 0. The third-order valence-electron chi connectivity index (χ3n) is 4.09. The van der Waals surface area contributed by atoms with E-state index in [-0.39, 0.29) is 0 Å². The molecule has 0 spiro atoms. The van der Waals surface area contributed by atoms with Crippen molar-refractivity contribution in [2.45, 2.75) is 50.2 Å². The molecular weight excluding hydrogens is 316 g/mol. The van der Waals surface area contributed by atoms with Crippen molar-refractivity contribution in [1.29, 1.82) is 0 Å². The number of ether oxygens (including phenoxy) is 1. The Kier molecular flexibility index (Phi) is 5.11. The van der Waals surface area contributed by atoms with Gasteiger partial charge in [-0.2, -0.15) is 0 Å². The summed E-state index contributed by atoms with van der Waals surface area (Å²) in [6.07, 6.45) is 2.65. The van der Waals surface area contributed by atoms with Crippen LogP contribution in [-0.4, -0.2) is 22.3 Å². The highest BCUT2D eigenvalue weighted by Gasteiger charge is 2.20. The quantitative estimate of drug-likeness (QED) is 0.745. The van der Waals surface area contributed by atoms with E-state index in [1.165, 1.54) is 17.7 Å². The Morgan fingerprint density at radius 2 is 2.27 bits per heavy atom. The zero-order valence-corrected chi connectivity index (χ0v) is 14.6. The van der Waals surface area contributed by atoms with Gasteiger partial charge in [-0.25, -0.2) is 4.98 Å². The SMILES string of the molecule is Cc1nc(SCc2cccc(Cl)c2)n(CC2CCCO2)c1C. The van der Waals surface area contributed by atoms with Crippen LogP contribution in [0.15, 0.2) is 29.4 Å². The van der Waals surface area contributed by atoms with E-state index in [0.717, 1.165) is 41.2 Å². The first-order chi connectivity index (χ1) is 10.6. The van der Waals surface area contributed by atoms with Crippen LogP contribution < -0.4 is 0 Å². The van der Waals surface area contributed by atoms with Crippen molar-refractivity contribution in [3.8, 4) is 0 Å². The fraction of sp³-hybridized carbons (Fsp3) is 0.471. The molecule has 1 aliphatic heterocycles. The maximum atomic E-state index is 6.05. The van der Waals surface area contributed by atoms with Crippen molar-refractivity contribution in [3.63, 3.8) is 0 Å². The van der Waals surface area contributed by atoms with Crippen LogP contribution >= 0.6 is 23.4 Å². The Bertz CT molecular complexity index is 650. The van der Waals surface area contributed by atoms with Gasteiger partial charge in [0.15, 0.2) is 5.16 Å². The molecule has 1 saturated heterocycles. The lowest BCUT2D eigenvalue weighted by Crippen LogP contribution is -2.16. The van der Waals surface area contributed by atoms with Gasteiger partial charge in [0.25, 0.3) is 0 Å². The number of benzene rings is 1. The normalized spacial score (nSPS) is 18.0. The van der Waals surface area contributed by atoms with Crippen molar-refractivity contribution < 1.29 is 4.74 Å². The van der Waals surface area contributed by atoms with Crippen LogP contribution in [0.25, 0.3) is 0 Å². The van der Waals surface area contributed by atoms with E-state index < -0.39 is 0 Å². The topological polar surface area (TPSA) is 27.1 Å². The molecule has 2 heterocycles. The number of thioether (sulfide) groups is 1. The maximum Gasteiger partial charge on any atom is 0.168 e. The van der Waals surface area contributed by atoms with Gasteiger partial charge in [0.05, 0.1) is 18.3 Å². The van der Waals surface area contributed by atoms with E-state index in [1.54, 1.807) is 11.8 Å². The third kappa shape index (κ3) is 3.67. The Balaban J connectivity index is 1.73. The van der Waals surface area contributed by atoms with E-state index in [4.69, 9.17) is 21.3 Å². The number of aryl methyl sites for hydroxylation is 1. The monoisotopic (exact) mass is 336 g/mol. The van der Waals surface area contributed by atoms with Gasteiger partial charge >= 0.3 is 0 Å². The number of imidazole rings is 1. The number of nitrogens with zero attached hydrogens (tertiary/aromatic N) is 2. The van der Waals surface area contributed by atoms with Gasteiger partial charge in [0.2, 0.25) is 0 Å². The predicted molar refractivity (Wildman–Crippen MR) is 91.7 cm³/mol. The van der Waals surface area contributed by atoms with Crippen LogP contribution in [0, 0.1) is 13.8 Å². The number of hydrogen-bond acceptors (Lipinski definition) is 3. The molecule has 0 amide bonds. The lowest BCUT2D eigenvalue weighted by atomic mass is 10.2. The molecule has 118 valence electrons. The lowest BCUT2D eigenvalue weighted by Gasteiger charge is -2.14. The Labute approximate surface area is 141 Å².